The molecule has 0 saturated carbocycles. The predicted molar refractivity (Wildman–Crippen MR) is 49.3 cm³/mol. The third-order valence-electron chi connectivity index (χ3n) is 0.765. The van der Waals surface area contributed by atoms with Crippen molar-refractivity contribution in [1.29, 1.82) is 0 Å². The summed E-state index contributed by atoms with van der Waals surface area (Å²) in [7, 11) is 0. The van der Waals surface area contributed by atoms with E-state index < -0.39 is 0 Å². The lowest BCUT2D eigenvalue weighted by atomic mass is 10.9. The molecule has 0 fully saturated rings. The van der Waals surface area contributed by atoms with E-state index in [0.29, 0.717) is 4.58 Å². The zero-order chi connectivity index (χ0) is 6.41. The molecule has 0 saturated heterocycles. The van der Waals surface area contributed by atoms with Gasteiger partial charge in [0.25, 0.3) is 0 Å². The van der Waals surface area contributed by atoms with E-state index in [1.54, 1.807) is 0 Å². The van der Waals surface area contributed by atoms with Crippen molar-refractivity contribution in [2.45, 2.75) is 11.5 Å². The zero-order valence-corrected chi connectivity index (χ0v) is 7.78. The molecule has 0 N–H and O–H groups in total. The summed E-state index contributed by atoms with van der Waals surface area (Å²) in [4.78, 5) is 0. The lowest BCUT2D eigenvalue weighted by Gasteiger charge is -2.07. The van der Waals surface area contributed by atoms with Crippen molar-refractivity contribution < 1.29 is 0 Å². The van der Waals surface area contributed by atoms with Crippen LogP contribution in [0.5, 0.6) is 0 Å². The van der Waals surface area contributed by atoms with Crippen LogP contribution in [-0.2, 0) is 0 Å². The first-order valence-corrected chi connectivity index (χ1v) is 5.57. The van der Waals surface area contributed by atoms with Crippen LogP contribution in [0.25, 0.3) is 0 Å². The lowest BCUT2D eigenvalue weighted by molar-refractivity contribution is 1.42. The van der Waals surface area contributed by atoms with Crippen LogP contribution in [0.3, 0.4) is 0 Å². The van der Waals surface area contributed by atoms with E-state index in [-0.39, 0.29) is 0 Å². The molecule has 0 aromatic heterocycles. The molecular weight excluding hydrogens is 156 g/mol. The Morgan fingerprint density at radius 1 is 1.62 bits per heavy atom. The molecule has 1 atom stereocenters. The molecule has 0 heterocycles. The van der Waals surface area contributed by atoms with Gasteiger partial charge in [-0.25, -0.2) is 0 Å². The minimum Gasteiger partial charge on any atom is -0.177 e. The topological polar surface area (TPSA) is 0 Å². The average molecular weight is 168 g/mol. The molecule has 1 unspecified atom stereocenters. The summed E-state index contributed by atoms with van der Waals surface area (Å²) in [5.74, 6) is 2.19. The zero-order valence-electron chi connectivity index (χ0n) is 5.26. The highest BCUT2D eigenvalue weighted by molar-refractivity contribution is 8.17. The lowest BCUT2D eigenvalue weighted by Crippen LogP contribution is -1.96. The SMILES string of the molecule is CCSC(CS)SC. The fourth-order valence-corrected chi connectivity index (χ4v) is 2.72. The molecule has 0 aliphatic heterocycles. The molecule has 0 amide bonds. The Labute approximate surface area is 65.6 Å². The summed E-state index contributed by atoms with van der Waals surface area (Å²) in [6.45, 7) is 2.18. The summed E-state index contributed by atoms with van der Waals surface area (Å²) in [5, 5.41) is 0. The molecule has 0 nitrogen and oxygen atoms in total. The first-order chi connectivity index (χ1) is 3.85. The summed E-state index contributed by atoms with van der Waals surface area (Å²) in [6.07, 6.45) is 2.13. The van der Waals surface area contributed by atoms with Crippen LogP contribution < -0.4 is 0 Å². The molecule has 0 aliphatic carbocycles. The Morgan fingerprint density at radius 3 is 2.38 bits per heavy atom. The normalized spacial score (nSPS) is 13.9. The van der Waals surface area contributed by atoms with Crippen molar-refractivity contribution in [2.24, 2.45) is 0 Å². The Balaban J connectivity index is 3.07. The van der Waals surface area contributed by atoms with Gasteiger partial charge in [0, 0.05) is 5.75 Å². The van der Waals surface area contributed by atoms with Crippen LogP contribution in [0.2, 0.25) is 0 Å². The number of thiol groups is 1. The molecule has 0 radical (unpaired) electrons. The molecule has 8 heavy (non-hydrogen) atoms. The summed E-state index contributed by atoms with van der Waals surface area (Å²) in [5.41, 5.74) is 0. The maximum atomic E-state index is 4.19. The van der Waals surface area contributed by atoms with E-state index in [9.17, 15) is 0 Å². The van der Waals surface area contributed by atoms with Gasteiger partial charge in [0.15, 0.2) is 0 Å². The molecule has 50 valence electrons. The smallest absolute Gasteiger partial charge is 0.0587 e. The highest BCUT2D eigenvalue weighted by atomic mass is 32.2. The van der Waals surface area contributed by atoms with Crippen LogP contribution in [0.15, 0.2) is 0 Å². The fourth-order valence-electron chi connectivity index (χ4n) is 0.381. The van der Waals surface area contributed by atoms with Crippen molar-refractivity contribution in [1.82, 2.24) is 0 Å². The van der Waals surface area contributed by atoms with E-state index in [1.807, 2.05) is 23.5 Å². The van der Waals surface area contributed by atoms with Crippen molar-refractivity contribution in [3.8, 4) is 0 Å². The van der Waals surface area contributed by atoms with Crippen molar-refractivity contribution in [2.75, 3.05) is 17.8 Å². The minimum atomic E-state index is 0.698. The molecule has 0 aliphatic rings. The number of hydrogen-bond donors (Lipinski definition) is 1. The Bertz CT molecular complexity index is 42.9. The fraction of sp³-hybridized carbons (Fsp3) is 1.00. The van der Waals surface area contributed by atoms with E-state index >= 15 is 0 Å². The molecule has 0 bridgehead atoms. The largest absolute Gasteiger partial charge is 0.177 e. The van der Waals surface area contributed by atoms with Gasteiger partial charge in [-0.1, -0.05) is 6.92 Å². The molecular formula is C5H12S3. The van der Waals surface area contributed by atoms with Crippen molar-refractivity contribution >= 4 is 36.2 Å². The molecule has 0 aromatic rings. The first-order valence-electron chi connectivity index (χ1n) is 2.60. The minimum absolute atomic E-state index is 0.698. The van der Waals surface area contributed by atoms with Crippen molar-refractivity contribution in [3.05, 3.63) is 0 Å². The Morgan fingerprint density at radius 2 is 2.25 bits per heavy atom. The maximum absolute atomic E-state index is 4.19. The third kappa shape index (κ3) is 3.98. The number of thioether (sulfide) groups is 2. The Kier molecular flexibility index (Phi) is 6.98. The third-order valence-corrected chi connectivity index (χ3v) is 4.17. The van der Waals surface area contributed by atoms with Crippen LogP contribution >= 0.6 is 36.2 Å². The first kappa shape index (κ1) is 9.05. The summed E-state index contributed by atoms with van der Waals surface area (Å²) < 4.78 is 0.698. The van der Waals surface area contributed by atoms with Gasteiger partial charge < -0.3 is 0 Å². The second-order valence-corrected chi connectivity index (χ2v) is 4.49. The van der Waals surface area contributed by atoms with Gasteiger partial charge in [-0.15, -0.1) is 11.8 Å². The predicted octanol–water partition coefficient (Wildman–Crippen LogP) is 2.36. The highest BCUT2D eigenvalue weighted by Gasteiger charge is 2.00. The van der Waals surface area contributed by atoms with Gasteiger partial charge in [0.05, 0.1) is 4.58 Å². The second kappa shape index (κ2) is 6.17. The van der Waals surface area contributed by atoms with Gasteiger partial charge >= 0.3 is 0 Å². The quantitative estimate of drug-likeness (QED) is 0.505. The monoisotopic (exact) mass is 168 g/mol. The molecule has 0 aromatic carbocycles. The molecule has 0 rings (SSSR count). The van der Waals surface area contributed by atoms with E-state index in [0.717, 1.165) is 5.75 Å². The van der Waals surface area contributed by atoms with E-state index in [4.69, 9.17) is 0 Å². The standard InChI is InChI=1S/C5H12S3/c1-3-8-5(4-6)7-2/h5-6H,3-4H2,1-2H3. The van der Waals surface area contributed by atoms with E-state index in [1.165, 1.54) is 5.75 Å². The summed E-state index contributed by atoms with van der Waals surface area (Å²) in [6, 6.07) is 0. The van der Waals surface area contributed by atoms with Crippen LogP contribution in [0, 0.1) is 0 Å². The van der Waals surface area contributed by atoms with E-state index in [2.05, 4.69) is 25.8 Å². The maximum Gasteiger partial charge on any atom is 0.0587 e. The summed E-state index contributed by atoms with van der Waals surface area (Å²) >= 11 is 8.03. The average Bonchev–Trinajstić information content (AvgIpc) is 1.83. The number of hydrogen-bond acceptors (Lipinski definition) is 3. The van der Waals surface area contributed by atoms with Gasteiger partial charge in [-0.3, -0.25) is 0 Å². The molecule has 0 spiro atoms. The number of rotatable bonds is 4. The second-order valence-electron chi connectivity index (χ2n) is 1.30. The van der Waals surface area contributed by atoms with Crippen molar-refractivity contribution in [3.63, 3.8) is 0 Å². The van der Waals surface area contributed by atoms with Crippen LogP contribution in [0.1, 0.15) is 6.92 Å². The van der Waals surface area contributed by atoms with Crippen LogP contribution in [-0.4, -0.2) is 22.3 Å². The van der Waals surface area contributed by atoms with Crippen LogP contribution in [0.4, 0.5) is 0 Å². The Hall–Kier alpha value is 1.05. The highest BCUT2D eigenvalue weighted by Crippen LogP contribution is 2.21. The van der Waals surface area contributed by atoms with Gasteiger partial charge in [-0.2, -0.15) is 24.4 Å². The van der Waals surface area contributed by atoms with Gasteiger partial charge in [0.1, 0.15) is 0 Å². The molecule has 3 heteroatoms. The van der Waals surface area contributed by atoms with Gasteiger partial charge in [-0.05, 0) is 12.0 Å². The van der Waals surface area contributed by atoms with Gasteiger partial charge in [0.2, 0.25) is 0 Å².